The van der Waals surface area contributed by atoms with Gasteiger partial charge in [-0.25, -0.2) is 0 Å². The summed E-state index contributed by atoms with van der Waals surface area (Å²) in [6.45, 7) is 13.5. The van der Waals surface area contributed by atoms with Gasteiger partial charge in [0.25, 0.3) is 0 Å². The van der Waals surface area contributed by atoms with Gasteiger partial charge in [-0.15, -0.1) is 0 Å². The Hall–Kier alpha value is -1.74. The molecule has 0 rings (SSSR count). The molecule has 0 aromatic rings. The quantitative estimate of drug-likeness (QED) is 0.0281. The molecule has 8 heteroatoms. The van der Waals surface area contributed by atoms with E-state index < -0.39 is 0 Å². The Morgan fingerprint density at radius 2 is 1.05 bits per heavy atom. The van der Waals surface area contributed by atoms with Crippen LogP contribution in [0.2, 0.25) is 0 Å². The second-order valence-corrected chi connectivity index (χ2v) is 16.0. The van der Waals surface area contributed by atoms with Crippen molar-refractivity contribution in [3.63, 3.8) is 0 Å². The van der Waals surface area contributed by atoms with Crippen LogP contribution < -0.4 is 0 Å². The lowest BCUT2D eigenvalue weighted by molar-refractivity contribution is -0.152. The number of allylic oxidation sites excluding steroid dienone is 4. The predicted molar refractivity (Wildman–Crippen MR) is 240 cm³/mol. The smallest absolute Gasteiger partial charge is 0.306 e. The van der Waals surface area contributed by atoms with E-state index in [0.29, 0.717) is 45.5 Å². The van der Waals surface area contributed by atoms with E-state index in [1.807, 2.05) is 0 Å². The molecule has 0 fully saturated rings. The van der Waals surface area contributed by atoms with Gasteiger partial charge in [0.05, 0.1) is 13.2 Å². The Morgan fingerprint density at radius 1 is 0.526 bits per heavy atom. The highest BCUT2D eigenvalue weighted by molar-refractivity contribution is 5.69. The monoisotopic (exact) mass is 808 g/mol. The summed E-state index contributed by atoms with van der Waals surface area (Å²) in [6.07, 6.45) is 40.0. The summed E-state index contributed by atoms with van der Waals surface area (Å²) in [5.74, 6) is -0.149. The molecule has 0 radical (unpaired) electrons. The van der Waals surface area contributed by atoms with E-state index >= 15 is 0 Å². The molecule has 336 valence electrons. The SMILES string of the molecule is CC/C=C\CCCCOC(CCCC(=O)OCCCCCCCN(CCO)CCCCCCCC(=O)OC(CC)CCCCCCCC)OCCCC/C=C\CC. The first-order valence-electron chi connectivity index (χ1n) is 24.2. The number of carbonyl (C=O) groups excluding carboxylic acids is 2. The lowest BCUT2D eigenvalue weighted by Gasteiger charge is -2.21. The fourth-order valence-corrected chi connectivity index (χ4v) is 6.94. The summed E-state index contributed by atoms with van der Waals surface area (Å²) < 4.78 is 23.5. The Bertz CT molecular complexity index is 886. The molecular weight excluding hydrogens is 715 g/mol. The molecule has 0 saturated carbocycles. The molecule has 57 heavy (non-hydrogen) atoms. The van der Waals surface area contributed by atoms with Crippen LogP contribution in [-0.2, 0) is 28.5 Å². The molecule has 0 aliphatic carbocycles. The van der Waals surface area contributed by atoms with Crippen LogP contribution in [0.1, 0.15) is 220 Å². The lowest BCUT2D eigenvalue weighted by atomic mass is 10.1. The van der Waals surface area contributed by atoms with Gasteiger partial charge in [0, 0.05) is 32.6 Å². The maximum atomic E-state index is 12.4. The lowest BCUT2D eigenvalue weighted by Crippen LogP contribution is -2.29. The Kier molecular flexibility index (Phi) is 44.0. The van der Waals surface area contributed by atoms with Gasteiger partial charge in [-0.05, 0) is 122 Å². The van der Waals surface area contributed by atoms with E-state index in [4.69, 9.17) is 18.9 Å². The van der Waals surface area contributed by atoms with Gasteiger partial charge in [0.15, 0.2) is 6.29 Å². The van der Waals surface area contributed by atoms with Gasteiger partial charge in [0.2, 0.25) is 0 Å². The number of ether oxygens (including phenoxy) is 4. The Morgan fingerprint density at radius 3 is 1.63 bits per heavy atom. The topological polar surface area (TPSA) is 94.5 Å². The Balaban J connectivity index is 4.01. The summed E-state index contributed by atoms with van der Waals surface area (Å²) in [5.41, 5.74) is 0. The molecule has 0 bridgehead atoms. The minimum atomic E-state index is -0.254. The minimum Gasteiger partial charge on any atom is -0.466 e. The fourth-order valence-electron chi connectivity index (χ4n) is 6.94. The fraction of sp³-hybridized carbons (Fsp3) is 0.878. The van der Waals surface area contributed by atoms with Crippen LogP contribution in [0.15, 0.2) is 24.3 Å². The third kappa shape index (κ3) is 40.8. The van der Waals surface area contributed by atoms with Crippen molar-refractivity contribution >= 4 is 11.9 Å². The number of aliphatic hydroxyl groups excluding tert-OH is 1. The zero-order valence-electron chi connectivity index (χ0n) is 38.0. The number of rotatable bonds is 45. The molecule has 1 atom stereocenters. The Labute approximate surface area is 352 Å². The average molecular weight is 808 g/mol. The van der Waals surface area contributed by atoms with Crippen molar-refractivity contribution in [3.8, 4) is 0 Å². The van der Waals surface area contributed by atoms with Gasteiger partial charge in [-0.3, -0.25) is 9.59 Å². The van der Waals surface area contributed by atoms with Crippen molar-refractivity contribution in [2.75, 3.05) is 46.1 Å². The van der Waals surface area contributed by atoms with E-state index in [9.17, 15) is 14.7 Å². The van der Waals surface area contributed by atoms with E-state index in [-0.39, 0.29) is 30.9 Å². The number of nitrogens with zero attached hydrogens (tertiary/aromatic N) is 1. The van der Waals surface area contributed by atoms with Crippen LogP contribution >= 0.6 is 0 Å². The first kappa shape index (κ1) is 55.3. The summed E-state index contributed by atoms with van der Waals surface area (Å²) in [5, 5.41) is 9.56. The van der Waals surface area contributed by atoms with Gasteiger partial charge in [-0.1, -0.05) is 123 Å². The normalized spacial score (nSPS) is 12.5. The summed E-state index contributed by atoms with van der Waals surface area (Å²) in [4.78, 5) is 27.1. The second kappa shape index (κ2) is 45.3. The summed E-state index contributed by atoms with van der Waals surface area (Å²) in [6, 6.07) is 0. The van der Waals surface area contributed by atoms with Crippen molar-refractivity contribution in [2.24, 2.45) is 0 Å². The number of carbonyl (C=O) groups is 2. The maximum absolute atomic E-state index is 12.4. The van der Waals surface area contributed by atoms with Crippen molar-refractivity contribution in [2.45, 2.75) is 233 Å². The molecule has 0 amide bonds. The molecule has 0 heterocycles. The number of esters is 2. The van der Waals surface area contributed by atoms with Crippen LogP contribution in [-0.4, -0.2) is 80.4 Å². The van der Waals surface area contributed by atoms with Gasteiger partial charge in [0.1, 0.15) is 6.10 Å². The molecule has 0 saturated heterocycles. The van der Waals surface area contributed by atoms with E-state index in [1.165, 1.54) is 32.1 Å². The zero-order valence-corrected chi connectivity index (χ0v) is 38.0. The van der Waals surface area contributed by atoms with Crippen molar-refractivity contribution in [1.82, 2.24) is 4.90 Å². The molecule has 0 aromatic carbocycles. The first-order chi connectivity index (χ1) is 28.0. The van der Waals surface area contributed by atoms with E-state index in [1.54, 1.807) is 0 Å². The van der Waals surface area contributed by atoms with Crippen LogP contribution in [0.5, 0.6) is 0 Å². The van der Waals surface area contributed by atoms with Crippen LogP contribution in [0.25, 0.3) is 0 Å². The van der Waals surface area contributed by atoms with Gasteiger partial charge >= 0.3 is 11.9 Å². The molecule has 1 unspecified atom stereocenters. The van der Waals surface area contributed by atoms with E-state index in [2.05, 4.69) is 56.9 Å². The van der Waals surface area contributed by atoms with Crippen molar-refractivity contribution in [1.29, 1.82) is 0 Å². The van der Waals surface area contributed by atoms with Gasteiger partial charge < -0.3 is 29.0 Å². The summed E-state index contributed by atoms with van der Waals surface area (Å²) in [7, 11) is 0. The largest absolute Gasteiger partial charge is 0.466 e. The third-order valence-corrected chi connectivity index (χ3v) is 10.5. The highest BCUT2D eigenvalue weighted by atomic mass is 16.7. The number of hydrogen-bond donors (Lipinski definition) is 1. The first-order valence-corrected chi connectivity index (χ1v) is 24.2. The number of unbranched alkanes of at least 4 members (excludes halogenated alkanes) is 17. The molecular formula is C49H93NO7. The molecule has 8 nitrogen and oxygen atoms in total. The van der Waals surface area contributed by atoms with Crippen molar-refractivity contribution < 1.29 is 33.6 Å². The van der Waals surface area contributed by atoms with Crippen LogP contribution in [0.3, 0.4) is 0 Å². The van der Waals surface area contributed by atoms with Crippen LogP contribution in [0.4, 0.5) is 0 Å². The molecule has 0 aromatic heterocycles. The highest BCUT2D eigenvalue weighted by Crippen LogP contribution is 2.16. The third-order valence-electron chi connectivity index (χ3n) is 10.5. The minimum absolute atomic E-state index is 0.0240. The molecule has 0 aliphatic rings. The standard InChI is InChI=1S/C49H93NO7/c1-5-9-12-15-20-27-35-46(8-4)57-48(53)36-28-21-18-22-29-39-50(41-42-51)40-30-23-19-26-31-43-54-47(52)37-34-38-49(55-44-32-24-16-13-10-6-2)56-45-33-25-17-14-11-7-3/h10-11,13-14,46,49,51H,5-9,12,15-45H2,1-4H3/b13-10-,14-11-. The zero-order chi connectivity index (χ0) is 41.7. The second-order valence-electron chi connectivity index (χ2n) is 16.0. The molecule has 0 spiro atoms. The van der Waals surface area contributed by atoms with Gasteiger partial charge in [-0.2, -0.15) is 0 Å². The predicted octanol–water partition coefficient (Wildman–Crippen LogP) is 13.0. The maximum Gasteiger partial charge on any atom is 0.306 e. The number of aliphatic hydroxyl groups is 1. The molecule has 1 N–H and O–H groups in total. The summed E-state index contributed by atoms with van der Waals surface area (Å²) >= 11 is 0. The van der Waals surface area contributed by atoms with Crippen LogP contribution in [0, 0.1) is 0 Å². The highest BCUT2D eigenvalue weighted by Gasteiger charge is 2.13. The van der Waals surface area contributed by atoms with E-state index in [0.717, 1.165) is 154 Å². The number of hydrogen-bond acceptors (Lipinski definition) is 8. The average Bonchev–Trinajstić information content (AvgIpc) is 3.21. The van der Waals surface area contributed by atoms with Crippen molar-refractivity contribution in [3.05, 3.63) is 24.3 Å². The molecule has 0 aliphatic heterocycles.